The predicted molar refractivity (Wildman–Crippen MR) is 88.9 cm³/mol. The predicted octanol–water partition coefficient (Wildman–Crippen LogP) is 3.34. The highest BCUT2D eigenvalue weighted by Gasteiger charge is 2.19. The molecule has 22 heavy (non-hydrogen) atoms. The first-order valence-corrected chi connectivity index (χ1v) is 8.16. The first kappa shape index (κ1) is 15.3. The van der Waals surface area contributed by atoms with Crippen molar-refractivity contribution in [1.29, 1.82) is 0 Å². The molecule has 0 spiro atoms. The number of hydrogen-bond donors (Lipinski definition) is 1. The van der Waals surface area contributed by atoms with Crippen molar-refractivity contribution in [3.63, 3.8) is 0 Å². The first-order chi connectivity index (χ1) is 10.7. The van der Waals surface area contributed by atoms with Gasteiger partial charge in [0.25, 0.3) is 0 Å². The largest absolute Gasteiger partial charge is 0.379 e. The Kier molecular flexibility index (Phi) is 4.60. The Labute approximate surface area is 132 Å². The van der Waals surface area contributed by atoms with Crippen LogP contribution in [0.3, 0.4) is 0 Å². The molecule has 1 atom stereocenters. The molecule has 2 heterocycles. The molecule has 4 nitrogen and oxygen atoms in total. The van der Waals surface area contributed by atoms with Gasteiger partial charge in [-0.15, -0.1) is 0 Å². The minimum absolute atomic E-state index is 0.439. The van der Waals surface area contributed by atoms with Crippen molar-refractivity contribution in [3.05, 3.63) is 41.2 Å². The van der Waals surface area contributed by atoms with Crippen LogP contribution in [0.5, 0.6) is 0 Å². The van der Waals surface area contributed by atoms with Crippen LogP contribution in [-0.4, -0.2) is 41.4 Å². The third-order valence-electron chi connectivity index (χ3n) is 4.63. The summed E-state index contributed by atoms with van der Waals surface area (Å²) in [7, 11) is 0. The summed E-state index contributed by atoms with van der Waals surface area (Å²) < 4.78 is 5.44. The lowest BCUT2D eigenvalue weighted by atomic mass is 9.98. The van der Waals surface area contributed by atoms with Crippen molar-refractivity contribution in [3.8, 4) is 11.1 Å². The molecule has 4 heteroatoms. The highest BCUT2D eigenvalue weighted by molar-refractivity contribution is 5.68. The van der Waals surface area contributed by atoms with E-state index in [1.807, 2.05) is 0 Å². The molecule has 0 radical (unpaired) electrons. The number of rotatable bonds is 4. The monoisotopic (exact) mass is 299 g/mol. The molecule has 0 aliphatic carbocycles. The molecule has 1 aliphatic heterocycles. The molecule has 118 valence electrons. The number of nitrogens with zero attached hydrogens (tertiary/aromatic N) is 2. The van der Waals surface area contributed by atoms with Crippen LogP contribution in [0.15, 0.2) is 24.3 Å². The molecule has 1 aliphatic rings. The highest BCUT2D eigenvalue weighted by atomic mass is 16.5. The molecular weight excluding hydrogens is 274 g/mol. The van der Waals surface area contributed by atoms with Gasteiger partial charge in [-0.1, -0.05) is 31.2 Å². The summed E-state index contributed by atoms with van der Waals surface area (Å²) in [6.07, 6.45) is 0.950. The number of ether oxygens (including phenoxy) is 1. The summed E-state index contributed by atoms with van der Waals surface area (Å²) in [4.78, 5) is 2.49. The van der Waals surface area contributed by atoms with Gasteiger partial charge in [0.05, 0.1) is 18.9 Å². The Balaban J connectivity index is 1.81. The van der Waals surface area contributed by atoms with Gasteiger partial charge in [-0.3, -0.25) is 10.00 Å². The van der Waals surface area contributed by atoms with E-state index in [4.69, 9.17) is 4.74 Å². The lowest BCUT2D eigenvalue weighted by Gasteiger charge is -2.32. The second-order valence-electron chi connectivity index (χ2n) is 5.97. The smallest absolute Gasteiger partial charge is 0.0700 e. The molecule has 3 rings (SSSR count). The summed E-state index contributed by atoms with van der Waals surface area (Å²) in [6.45, 7) is 10.2. The average Bonchev–Trinajstić information content (AvgIpc) is 2.96. The number of nitrogens with one attached hydrogen (secondary N) is 1. The summed E-state index contributed by atoms with van der Waals surface area (Å²) in [5.74, 6) is 0. The van der Waals surface area contributed by atoms with Gasteiger partial charge in [-0.2, -0.15) is 5.10 Å². The molecular formula is C18H25N3O. The standard InChI is InChI=1S/C18H25N3O/c1-4-17-18(13(2)19-20-17)16-7-5-15(6-8-16)14(3)21-9-11-22-12-10-21/h5-8,14H,4,9-12H2,1-3H3,(H,19,20)/t14-/m1/s1. The summed E-state index contributed by atoms with van der Waals surface area (Å²) in [5, 5.41) is 7.50. The van der Waals surface area contributed by atoms with Crippen LogP contribution in [-0.2, 0) is 11.2 Å². The maximum Gasteiger partial charge on any atom is 0.0700 e. The second-order valence-corrected chi connectivity index (χ2v) is 5.97. The van der Waals surface area contributed by atoms with E-state index >= 15 is 0 Å². The van der Waals surface area contributed by atoms with Crippen molar-refractivity contribution in [2.45, 2.75) is 33.2 Å². The van der Waals surface area contributed by atoms with E-state index in [-0.39, 0.29) is 0 Å². The Bertz CT molecular complexity index is 612. The Hall–Kier alpha value is -1.65. The minimum atomic E-state index is 0.439. The molecule has 1 N–H and O–H groups in total. The normalized spacial score (nSPS) is 17.6. The van der Waals surface area contributed by atoms with Crippen LogP contribution in [0.4, 0.5) is 0 Å². The van der Waals surface area contributed by atoms with Crippen molar-refractivity contribution in [2.75, 3.05) is 26.3 Å². The van der Waals surface area contributed by atoms with Crippen molar-refractivity contribution in [1.82, 2.24) is 15.1 Å². The van der Waals surface area contributed by atoms with Gasteiger partial charge in [-0.25, -0.2) is 0 Å². The third-order valence-corrected chi connectivity index (χ3v) is 4.63. The van der Waals surface area contributed by atoms with E-state index in [2.05, 4.69) is 60.1 Å². The van der Waals surface area contributed by atoms with Gasteiger partial charge < -0.3 is 4.74 Å². The molecule has 0 bridgehead atoms. The van der Waals surface area contributed by atoms with Crippen LogP contribution in [0.25, 0.3) is 11.1 Å². The van der Waals surface area contributed by atoms with E-state index in [0.717, 1.165) is 44.1 Å². The van der Waals surface area contributed by atoms with Gasteiger partial charge in [-0.05, 0) is 31.4 Å². The number of aromatic nitrogens is 2. The first-order valence-electron chi connectivity index (χ1n) is 8.16. The number of benzene rings is 1. The molecule has 0 amide bonds. The fourth-order valence-electron chi connectivity index (χ4n) is 3.22. The van der Waals surface area contributed by atoms with E-state index < -0.39 is 0 Å². The van der Waals surface area contributed by atoms with Crippen LogP contribution in [0, 0.1) is 6.92 Å². The van der Waals surface area contributed by atoms with E-state index in [0.29, 0.717) is 6.04 Å². The number of morpholine rings is 1. The fourth-order valence-corrected chi connectivity index (χ4v) is 3.22. The Morgan fingerprint density at radius 1 is 1.23 bits per heavy atom. The molecule has 0 saturated carbocycles. The molecule has 2 aromatic rings. The third kappa shape index (κ3) is 2.94. The lowest BCUT2D eigenvalue weighted by Crippen LogP contribution is -2.37. The van der Waals surface area contributed by atoms with Crippen molar-refractivity contribution < 1.29 is 4.74 Å². The fraction of sp³-hybridized carbons (Fsp3) is 0.500. The van der Waals surface area contributed by atoms with Crippen molar-refractivity contribution >= 4 is 0 Å². The van der Waals surface area contributed by atoms with Gasteiger partial charge >= 0.3 is 0 Å². The Morgan fingerprint density at radius 2 is 1.91 bits per heavy atom. The number of hydrogen-bond acceptors (Lipinski definition) is 3. The van der Waals surface area contributed by atoms with Gasteiger partial charge in [0, 0.05) is 30.4 Å². The molecule has 0 unspecified atom stereocenters. The van der Waals surface area contributed by atoms with Gasteiger partial charge in [0.2, 0.25) is 0 Å². The molecule has 1 aromatic carbocycles. The summed E-state index contributed by atoms with van der Waals surface area (Å²) in [6, 6.07) is 9.39. The van der Waals surface area contributed by atoms with Gasteiger partial charge in [0.15, 0.2) is 0 Å². The zero-order valence-electron chi connectivity index (χ0n) is 13.7. The summed E-state index contributed by atoms with van der Waals surface area (Å²) in [5.41, 5.74) is 6.16. The maximum atomic E-state index is 5.44. The second kappa shape index (κ2) is 6.63. The minimum Gasteiger partial charge on any atom is -0.379 e. The van der Waals surface area contributed by atoms with Crippen LogP contribution < -0.4 is 0 Å². The quantitative estimate of drug-likeness (QED) is 0.941. The van der Waals surface area contributed by atoms with Crippen LogP contribution in [0.2, 0.25) is 0 Å². The molecule has 1 saturated heterocycles. The van der Waals surface area contributed by atoms with Crippen LogP contribution in [0.1, 0.15) is 36.8 Å². The molecule has 1 fully saturated rings. The topological polar surface area (TPSA) is 41.2 Å². The van der Waals surface area contributed by atoms with Gasteiger partial charge in [0.1, 0.15) is 0 Å². The van der Waals surface area contributed by atoms with E-state index in [1.54, 1.807) is 0 Å². The number of aromatic amines is 1. The van der Waals surface area contributed by atoms with E-state index in [1.165, 1.54) is 16.7 Å². The highest BCUT2D eigenvalue weighted by Crippen LogP contribution is 2.28. The van der Waals surface area contributed by atoms with E-state index in [9.17, 15) is 0 Å². The zero-order valence-corrected chi connectivity index (χ0v) is 13.7. The van der Waals surface area contributed by atoms with Crippen LogP contribution >= 0.6 is 0 Å². The maximum absolute atomic E-state index is 5.44. The number of H-pyrrole nitrogens is 1. The SMILES string of the molecule is CCc1n[nH]c(C)c1-c1ccc([C@@H](C)N2CCOCC2)cc1. The average molecular weight is 299 g/mol. The van der Waals surface area contributed by atoms with Crippen molar-refractivity contribution in [2.24, 2.45) is 0 Å². The Morgan fingerprint density at radius 3 is 2.55 bits per heavy atom. The lowest BCUT2D eigenvalue weighted by molar-refractivity contribution is 0.0198. The summed E-state index contributed by atoms with van der Waals surface area (Å²) >= 11 is 0. The molecule has 1 aromatic heterocycles. The zero-order chi connectivity index (χ0) is 15.5. The number of aryl methyl sites for hydroxylation is 2.